The zero-order chi connectivity index (χ0) is 15.8. The van der Waals surface area contributed by atoms with Crippen LogP contribution in [-0.2, 0) is 11.3 Å². The molecular formula is C16H17FN4O2. The normalized spacial score (nSPS) is 24.5. The average molecular weight is 316 g/mol. The number of carbonyl (C=O) groups excluding carboxylic acids is 1. The zero-order valence-electron chi connectivity index (χ0n) is 12.5. The fourth-order valence-corrected chi connectivity index (χ4v) is 3.48. The molecule has 120 valence electrons. The number of nitrogens with one attached hydrogen (secondary N) is 1. The van der Waals surface area contributed by atoms with Crippen molar-refractivity contribution >= 4 is 5.91 Å². The van der Waals surface area contributed by atoms with Crippen molar-refractivity contribution in [2.75, 3.05) is 13.1 Å². The molecular weight excluding hydrogens is 299 g/mol. The van der Waals surface area contributed by atoms with Crippen molar-refractivity contribution in [1.29, 1.82) is 0 Å². The number of benzene rings is 1. The molecule has 2 aromatic rings. The highest BCUT2D eigenvalue weighted by Gasteiger charge is 2.41. The summed E-state index contributed by atoms with van der Waals surface area (Å²) in [5, 5.41) is 6.80. The number of piperidine rings is 1. The summed E-state index contributed by atoms with van der Waals surface area (Å²) in [4.78, 5) is 18.3. The van der Waals surface area contributed by atoms with Gasteiger partial charge >= 0.3 is 0 Å². The van der Waals surface area contributed by atoms with Gasteiger partial charge in [-0.1, -0.05) is 17.3 Å². The molecule has 1 aromatic heterocycles. The lowest BCUT2D eigenvalue weighted by atomic mass is 9.91. The summed E-state index contributed by atoms with van der Waals surface area (Å²) in [6.45, 7) is 2.04. The zero-order valence-corrected chi connectivity index (χ0v) is 12.5. The van der Waals surface area contributed by atoms with Gasteiger partial charge in [0.2, 0.25) is 17.6 Å². The molecule has 3 heterocycles. The Morgan fingerprint density at radius 2 is 2.26 bits per heavy atom. The molecule has 0 bridgehead atoms. The minimum absolute atomic E-state index is 0.0534. The van der Waals surface area contributed by atoms with Gasteiger partial charge in [-0.25, -0.2) is 4.39 Å². The number of carbonyl (C=O) groups is 1. The van der Waals surface area contributed by atoms with E-state index in [4.69, 9.17) is 4.52 Å². The summed E-state index contributed by atoms with van der Waals surface area (Å²) in [5.41, 5.74) is 0.330. The number of likely N-dealkylation sites (tertiary alicyclic amines) is 1. The van der Waals surface area contributed by atoms with E-state index in [-0.39, 0.29) is 29.5 Å². The molecule has 2 aliphatic heterocycles. The van der Waals surface area contributed by atoms with Gasteiger partial charge in [0.25, 0.3) is 0 Å². The van der Waals surface area contributed by atoms with E-state index in [0.717, 1.165) is 19.4 Å². The highest BCUT2D eigenvalue weighted by Crippen LogP contribution is 2.28. The maximum absolute atomic E-state index is 13.8. The summed E-state index contributed by atoms with van der Waals surface area (Å²) >= 11 is 0. The van der Waals surface area contributed by atoms with Crippen LogP contribution >= 0.6 is 0 Å². The van der Waals surface area contributed by atoms with Gasteiger partial charge in [-0.3, -0.25) is 9.69 Å². The predicted molar refractivity (Wildman–Crippen MR) is 79.6 cm³/mol. The summed E-state index contributed by atoms with van der Waals surface area (Å²) in [5.74, 6) is 0.522. The second-order valence-electron chi connectivity index (χ2n) is 6.02. The second-order valence-corrected chi connectivity index (χ2v) is 6.02. The Labute approximate surface area is 132 Å². The number of fused-ring (bicyclic) bond motifs is 1. The van der Waals surface area contributed by atoms with Crippen molar-refractivity contribution in [1.82, 2.24) is 20.4 Å². The number of hydrogen-bond acceptors (Lipinski definition) is 5. The Morgan fingerprint density at radius 3 is 3.13 bits per heavy atom. The minimum atomic E-state index is -0.372. The standard InChI is InChI=1S/C16H17FN4O2/c17-12-6-2-1-4-10(12)15-19-14(23-20-15)9-21-7-3-5-11-13(21)8-18-16(11)22/h1-2,4,6,11,13H,3,5,7-9H2,(H,18,22)/t11-,13-/m1/s1. The van der Waals surface area contributed by atoms with Crippen molar-refractivity contribution in [2.45, 2.75) is 25.4 Å². The molecule has 0 unspecified atom stereocenters. The van der Waals surface area contributed by atoms with Crippen molar-refractivity contribution in [2.24, 2.45) is 5.92 Å². The van der Waals surface area contributed by atoms with E-state index in [1.165, 1.54) is 6.07 Å². The van der Waals surface area contributed by atoms with Crippen LogP contribution in [0.15, 0.2) is 28.8 Å². The van der Waals surface area contributed by atoms with Gasteiger partial charge < -0.3 is 9.84 Å². The molecule has 0 spiro atoms. The highest BCUT2D eigenvalue weighted by atomic mass is 19.1. The van der Waals surface area contributed by atoms with Crippen LogP contribution in [-0.4, -0.2) is 40.1 Å². The Kier molecular flexibility index (Phi) is 3.57. The van der Waals surface area contributed by atoms with Crippen LogP contribution < -0.4 is 5.32 Å². The van der Waals surface area contributed by atoms with E-state index in [9.17, 15) is 9.18 Å². The molecule has 1 aromatic carbocycles. The summed E-state index contributed by atoms with van der Waals surface area (Å²) < 4.78 is 19.1. The lowest BCUT2D eigenvalue weighted by molar-refractivity contribution is -0.124. The fourth-order valence-electron chi connectivity index (χ4n) is 3.48. The van der Waals surface area contributed by atoms with Crippen LogP contribution in [0.2, 0.25) is 0 Å². The lowest BCUT2D eigenvalue weighted by Gasteiger charge is -2.34. The molecule has 0 aliphatic carbocycles. The van der Waals surface area contributed by atoms with Crippen molar-refractivity contribution < 1.29 is 13.7 Å². The number of rotatable bonds is 3. The van der Waals surface area contributed by atoms with Gasteiger partial charge in [-0.2, -0.15) is 4.98 Å². The van der Waals surface area contributed by atoms with E-state index in [1.807, 2.05) is 0 Å². The van der Waals surface area contributed by atoms with Gasteiger partial charge in [0.05, 0.1) is 18.0 Å². The van der Waals surface area contributed by atoms with Crippen LogP contribution in [0, 0.1) is 11.7 Å². The van der Waals surface area contributed by atoms with Crippen LogP contribution in [0.4, 0.5) is 4.39 Å². The maximum Gasteiger partial charge on any atom is 0.241 e. The third-order valence-electron chi connectivity index (χ3n) is 4.64. The predicted octanol–water partition coefficient (Wildman–Crippen LogP) is 1.59. The van der Waals surface area contributed by atoms with Crippen molar-refractivity contribution in [3.8, 4) is 11.4 Å². The molecule has 2 fully saturated rings. The SMILES string of the molecule is O=C1NC[C@@H]2[C@H]1CCCN2Cc1nc(-c2ccccc2F)no1. The number of halogens is 1. The molecule has 1 N–H and O–H groups in total. The van der Waals surface area contributed by atoms with Crippen LogP contribution in [0.3, 0.4) is 0 Å². The van der Waals surface area contributed by atoms with Crippen molar-refractivity contribution in [3.05, 3.63) is 36.0 Å². The Morgan fingerprint density at radius 1 is 1.39 bits per heavy atom. The largest absolute Gasteiger partial charge is 0.354 e. The van der Waals surface area contributed by atoms with Gasteiger partial charge in [0.1, 0.15) is 5.82 Å². The monoisotopic (exact) mass is 316 g/mol. The van der Waals surface area contributed by atoms with Gasteiger partial charge in [-0.05, 0) is 31.5 Å². The first-order valence-electron chi connectivity index (χ1n) is 7.81. The maximum atomic E-state index is 13.8. The minimum Gasteiger partial charge on any atom is -0.354 e. The first kappa shape index (κ1) is 14.3. The molecule has 2 saturated heterocycles. The molecule has 4 rings (SSSR count). The Hall–Kier alpha value is -2.28. The molecule has 6 nitrogen and oxygen atoms in total. The van der Waals surface area contributed by atoms with E-state index in [1.54, 1.807) is 18.2 Å². The van der Waals surface area contributed by atoms with Crippen LogP contribution in [0.5, 0.6) is 0 Å². The third kappa shape index (κ3) is 2.61. The van der Waals surface area contributed by atoms with E-state index >= 15 is 0 Å². The van der Waals surface area contributed by atoms with E-state index in [0.29, 0.717) is 24.5 Å². The summed E-state index contributed by atoms with van der Waals surface area (Å²) in [7, 11) is 0. The van der Waals surface area contributed by atoms with Gasteiger partial charge in [-0.15, -0.1) is 0 Å². The third-order valence-corrected chi connectivity index (χ3v) is 4.64. The number of amides is 1. The number of nitrogens with zero attached hydrogens (tertiary/aromatic N) is 3. The smallest absolute Gasteiger partial charge is 0.241 e. The topological polar surface area (TPSA) is 71.3 Å². The molecule has 7 heteroatoms. The summed E-state index contributed by atoms with van der Waals surface area (Å²) in [6, 6.07) is 6.54. The quantitative estimate of drug-likeness (QED) is 0.931. The second kappa shape index (κ2) is 5.73. The van der Waals surface area contributed by atoms with Gasteiger partial charge in [0.15, 0.2) is 0 Å². The molecule has 23 heavy (non-hydrogen) atoms. The molecule has 0 radical (unpaired) electrons. The molecule has 1 amide bonds. The number of hydrogen-bond donors (Lipinski definition) is 1. The molecule has 2 atom stereocenters. The van der Waals surface area contributed by atoms with Crippen LogP contribution in [0.1, 0.15) is 18.7 Å². The van der Waals surface area contributed by atoms with Crippen molar-refractivity contribution in [3.63, 3.8) is 0 Å². The summed E-state index contributed by atoms with van der Waals surface area (Å²) in [6.07, 6.45) is 1.90. The average Bonchev–Trinajstić information content (AvgIpc) is 3.16. The van der Waals surface area contributed by atoms with E-state index in [2.05, 4.69) is 20.4 Å². The Bertz CT molecular complexity index is 732. The fraction of sp³-hybridized carbons (Fsp3) is 0.438. The first-order chi connectivity index (χ1) is 11.2. The first-order valence-corrected chi connectivity index (χ1v) is 7.81. The van der Waals surface area contributed by atoms with E-state index < -0.39 is 0 Å². The lowest BCUT2D eigenvalue weighted by Crippen LogP contribution is -2.44. The highest BCUT2D eigenvalue weighted by molar-refractivity contribution is 5.82. The number of aromatic nitrogens is 2. The molecule has 2 aliphatic rings. The molecule has 0 saturated carbocycles. The Balaban J connectivity index is 1.52. The van der Waals surface area contributed by atoms with Gasteiger partial charge in [0, 0.05) is 12.6 Å². The van der Waals surface area contributed by atoms with Crippen LogP contribution in [0.25, 0.3) is 11.4 Å².